The van der Waals surface area contributed by atoms with Crippen LogP contribution >= 0.6 is 0 Å². The van der Waals surface area contributed by atoms with E-state index >= 15 is 0 Å². The number of nitrogens with one attached hydrogen (secondary N) is 3. The number of anilines is 1. The van der Waals surface area contributed by atoms with Gasteiger partial charge in [-0.05, 0) is 30.7 Å². The van der Waals surface area contributed by atoms with Crippen LogP contribution in [-0.4, -0.2) is 44.1 Å². The van der Waals surface area contributed by atoms with Crippen LogP contribution in [0, 0.1) is 4.78 Å². The first-order chi connectivity index (χ1) is 14.4. The number of ether oxygens (including phenoxy) is 3. The van der Waals surface area contributed by atoms with E-state index in [-0.39, 0.29) is 29.4 Å². The van der Waals surface area contributed by atoms with Crippen molar-refractivity contribution in [3.63, 3.8) is 0 Å². The van der Waals surface area contributed by atoms with Crippen molar-refractivity contribution in [3.05, 3.63) is 48.0 Å². The largest absolute Gasteiger partial charge is 0.465 e. The van der Waals surface area contributed by atoms with Crippen LogP contribution in [0.2, 0.25) is 0 Å². The summed E-state index contributed by atoms with van der Waals surface area (Å²) < 4.78 is 40.3. The zero-order chi connectivity index (χ0) is 22.0. The number of unbranched alkanes of at least 4 members (excludes halogenated alkanes) is 1. The molecule has 0 aliphatic carbocycles. The van der Waals surface area contributed by atoms with Crippen LogP contribution in [0.1, 0.15) is 30.1 Å². The number of para-hydroxylation sites is 1. The molecule has 0 fully saturated rings. The van der Waals surface area contributed by atoms with Crippen LogP contribution in [-0.2, 0) is 19.4 Å². The molecule has 1 unspecified atom stereocenters. The molecule has 0 aliphatic rings. The molecule has 164 valence electrons. The van der Waals surface area contributed by atoms with E-state index in [0.717, 1.165) is 12.8 Å². The van der Waals surface area contributed by atoms with Crippen LogP contribution in [0.3, 0.4) is 0 Å². The molecule has 8 nitrogen and oxygen atoms in total. The smallest absolute Gasteiger partial charge is 0.337 e. The molecule has 0 spiro atoms. The van der Waals surface area contributed by atoms with E-state index < -0.39 is 15.9 Å². The minimum atomic E-state index is -3.50. The summed E-state index contributed by atoms with van der Waals surface area (Å²) in [6.45, 7) is 3.17. The van der Waals surface area contributed by atoms with Crippen molar-refractivity contribution < 1.29 is 23.2 Å². The van der Waals surface area contributed by atoms with Crippen LogP contribution < -0.4 is 14.8 Å². The Morgan fingerprint density at radius 1 is 1.13 bits per heavy atom. The van der Waals surface area contributed by atoms with Gasteiger partial charge in [-0.25, -0.2) is 18.5 Å². The second kappa shape index (κ2) is 11.5. The van der Waals surface area contributed by atoms with E-state index in [1.165, 1.54) is 20.3 Å². The second-order valence-electron chi connectivity index (χ2n) is 6.48. The summed E-state index contributed by atoms with van der Waals surface area (Å²) in [7, 11) is -0.711. The van der Waals surface area contributed by atoms with Crippen molar-refractivity contribution in [2.45, 2.75) is 24.7 Å². The Morgan fingerprint density at radius 2 is 1.87 bits per heavy atom. The van der Waals surface area contributed by atoms with E-state index in [1.807, 2.05) is 18.2 Å². The first-order valence-corrected chi connectivity index (χ1v) is 11.2. The van der Waals surface area contributed by atoms with Crippen molar-refractivity contribution >= 4 is 21.6 Å². The van der Waals surface area contributed by atoms with Crippen molar-refractivity contribution in [1.82, 2.24) is 4.72 Å². The molecule has 0 saturated carbocycles. The highest BCUT2D eigenvalue weighted by Crippen LogP contribution is 2.38. The molecule has 2 aromatic carbocycles. The molecule has 0 amide bonds. The van der Waals surface area contributed by atoms with E-state index in [4.69, 9.17) is 19.0 Å². The first kappa shape index (κ1) is 23.7. The quantitative estimate of drug-likeness (QED) is 0.343. The fraction of sp³-hybridized carbons (Fsp3) is 0.381. The Balaban J connectivity index is 2.60. The number of methoxy groups -OCH3 is 2. The molecule has 3 N–H and O–H groups in total. The van der Waals surface area contributed by atoms with E-state index in [9.17, 15) is 9.00 Å². The lowest BCUT2D eigenvalue weighted by atomic mass is 10.1. The van der Waals surface area contributed by atoms with Crippen LogP contribution in [0.25, 0.3) is 0 Å². The number of carbonyl (C=O) groups excluding carboxylic acids is 1. The molecule has 1 atom stereocenters. The van der Waals surface area contributed by atoms with Gasteiger partial charge >= 0.3 is 5.97 Å². The Morgan fingerprint density at radius 3 is 2.50 bits per heavy atom. The predicted molar refractivity (Wildman–Crippen MR) is 117 cm³/mol. The van der Waals surface area contributed by atoms with Gasteiger partial charge in [0.05, 0.1) is 25.0 Å². The maximum absolute atomic E-state index is 13.3. The average molecular weight is 436 g/mol. The normalized spacial score (nSPS) is 12.8. The third-order valence-corrected chi connectivity index (χ3v) is 5.74. The summed E-state index contributed by atoms with van der Waals surface area (Å²) in [4.78, 5) is 12.3. The zero-order valence-electron chi connectivity index (χ0n) is 17.5. The summed E-state index contributed by atoms with van der Waals surface area (Å²) in [5.41, 5.74) is 0.652. The SMILES string of the molecule is CCCCNc1cc(C(=O)OC)cc(S(=N)(=O)NCCOC)c1Oc1ccccc1. The van der Waals surface area contributed by atoms with Gasteiger partial charge in [0, 0.05) is 20.2 Å². The second-order valence-corrected chi connectivity index (χ2v) is 8.32. The zero-order valence-corrected chi connectivity index (χ0v) is 18.3. The standard InChI is InChI=1S/C21H29N3O5S/c1-4-5-11-23-18-14-16(21(25)28-3)15-19(30(22,26)24-12-13-27-2)20(18)29-17-9-7-6-8-10-17/h6-10,14-15,23H,4-5,11-13H2,1-3H3,(H2,22,24,26). The molecule has 30 heavy (non-hydrogen) atoms. The molecule has 0 saturated heterocycles. The molecule has 0 heterocycles. The van der Waals surface area contributed by atoms with Crippen molar-refractivity contribution in [2.24, 2.45) is 0 Å². The summed E-state index contributed by atoms with van der Waals surface area (Å²) in [6.07, 6.45) is 1.87. The van der Waals surface area contributed by atoms with Gasteiger partial charge < -0.3 is 19.5 Å². The third kappa shape index (κ3) is 6.45. The number of esters is 1. The Labute approximate surface area is 178 Å². The lowest BCUT2D eigenvalue weighted by molar-refractivity contribution is 0.0600. The van der Waals surface area contributed by atoms with Gasteiger partial charge in [0.1, 0.15) is 20.6 Å². The Bertz CT molecular complexity index is 933. The highest BCUT2D eigenvalue weighted by Gasteiger charge is 2.24. The fourth-order valence-electron chi connectivity index (χ4n) is 2.66. The lowest BCUT2D eigenvalue weighted by Crippen LogP contribution is -2.27. The van der Waals surface area contributed by atoms with Crippen LogP contribution in [0.15, 0.2) is 47.4 Å². The molecular weight excluding hydrogens is 406 g/mol. The van der Waals surface area contributed by atoms with Gasteiger partial charge in [-0.2, -0.15) is 0 Å². The number of hydrogen-bond acceptors (Lipinski definition) is 7. The van der Waals surface area contributed by atoms with Gasteiger partial charge in [-0.1, -0.05) is 31.5 Å². The maximum atomic E-state index is 13.3. The molecule has 0 radical (unpaired) electrons. The average Bonchev–Trinajstić information content (AvgIpc) is 2.75. The third-order valence-electron chi connectivity index (χ3n) is 4.21. The van der Waals surface area contributed by atoms with Gasteiger partial charge in [-0.15, -0.1) is 0 Å². The molecule has 0 aliphatic heterocycles. The molecule has 2 aromatic rings. The summed E-state index contributed by atoms with van der Waals surface area (Å²) >= 11 is 0. The lowest BCUT2D eigenvalue weighted by Gasteiger charge is -2.20. The minimum Gasteiger partial charge on any atom is -0.465 e. The first-order valence-electron chi connectivity index (χ1n) is 9.68. The highest BCUT2D eigenvalue weighted by molar-refractivity contribution is 7.90. The predicted octanol–water partition coefficient (Wildman–Crippen LogP) is 4.03. The summed E-state index contributed by atoms with van der Waals surface area (Å²) in [5.74, 6) is 0.165. The molecule has 0 bridgehead atoms. The number of carbonyl (C=O) groups is 1. The molecule has 9 heteroatoms. The minimum absolute atomic E-state index is 0.0596. The fourth-order valence-corrected chi connectivity index (χ4v) is 3.89. The monoisotopic (exact) mass is 435 g/mol. The maximum Gasteiger partial charge on any atom is 0.337 e. The molecular formula is C21H29N3O5S. The molecule has 2 rings (SSSR count). The van der Waals surface area contributed by atoms with Crippen molar-refractivity contribution in [3.8, 4) is 11.5 Å². The van der Waals surface area contributed by atoms with E-state index in [1.54, 1.807) is 18.2 Å². The summed E-state index contributed by atoms with van der Waals surface area (Å²) in [6, 6.07) is 12.0. The van der Waals surface area contributed by atoms with Crippen LogP contribution in [0.5, 0.6) is 11.5 Å². The van der Waals surface area contributed by atoms with Gasteiger partial charge in [0.15, 0.2) is 5.75 Å². The highest BCUT2D eigenvalue weighted by atomic mass is 32.2. The van der Waals surface area contributed by atoms with Gasteiger partial charge in [0.25, 0.3) is 0 Å². The van der Waals surface area contributed by atoms with Crippen LogP contribution in [0.4, 0.5) is 5.69 Å². The summed E-state index contributed by atoms with van der Waals surface area (Å²) in [5, 5.41) is 3.24. The Kier molecular flexibility index (Phi) is 9.10. The number of benzene rings is 2. The van der Waals surface area contributed by atoms with Crippen molar-refractivity contribution in [2.75, 3.05) is 39.2 Å². The van der Waals surface area contributed by atoms with E-state index in [2.05, 4.69) is 17.0 Å². The number of hydrogen-bond donors (Lipinski definition) is 3. The van der Waals surface area contributed by atoms with E-state index in [0.29, 0.717) is 18.0 Å². The topological polar surface area (TPSA) is 110 Å². The van der Waals surface area contributed by atoms with Gasteiger partial charge in [0.2, 0.25) is 0 Å². The van der Waals surface area contributed by atoms with Gasteiger partial charge in [-0.3, -0.25) is 0 Å². The number of rotatable bonds is 12. The van der Waals surface area contributed by atoms with Crippen molar-refractivity contribution in [1.29, 1.82) is 4.78 Å². The molecule has 0 aromatic heterocycles. The Hall–Kier alpha value is -2.62.